The van der Waals surface area contributed by atoms with E-state index in [2.05, 4.69) is 22.4 Å². The second kappa shape index (κ2) is 9.15. The highest BCUT2D eigenvalue weighted by atomic mass is 35.5. The summed E-state index contributed by atoms with van der Waals surface area (Å²) < 4.78 is 1.97. The first-order valence-corrected chi connectivity index (χ1v) is 9.10. The van der Waals surface area contributed by atoms with Crippen LogP contribution < -0.4 is 5.32 Å². The number of hydrogen-bond donors (Lipinski definition) is 1. The van der Waals surface area contributed by atoms with Gasteiger partial charge < -0.3 is 9.88 Å². The first-order chi connectivity index (χ1) is 11.1. The number of carbonyl (C=O) groups excluding carboxylic acids is 1. The molecule has 0 unspecified atom stereocenters. The third-order valence-corrected chi connectivity index (χ3v) is 4.94. The molecule has 5 nitrogen and oxygen atoms in total. The van der Waals surface area contributed by atoms with Crippen molar-refractivity contribution in [3.63, 3.8) is 0 Å². The number of aromatic nitrogens is 3. The topological polar surface area (TPSA) is 59.8 Å². The number of unbranched alkanes of at least 4 members (excludes halogenated alkanes) is 2. The van der Waals surface area contributed by atoms with E-state index in [9.17, 15) is 4.79 Å². The van der Waals surface area contributed by atoms with Crippen molar-refractivity contribution < 1.29 is 4.79 Å². The molecule has 1 amide bonds. The van der Waals surface area contributed by atoms with E-state index in [0.29, 0.717) is 15.7 Å². The van der Waals surface area contributed by atoms with E-state index in [1.165, 1.54) is 11.8 Å². The lowest BCUT2D eigenvalue weighted by Crippen LogP contribution is -2.15. The van der Waals surface area contributed by atoms with Crippen molar-refractivity contribution in [1.82, 2.24) is 14.8 Å². The van der Waals surface area contributed by atoms with Crippen LogP contribution in [-0.4, -0.2) is 26.4 Å². The zero-order chi connectivity index (χ0) is 16.7. The Hall–Kier alpha value is -1.24. The second-order valence-corrected chi connectivity index (χ2v) is 6.68. The largest absolute Gasteiger partial charge is 0.324 e. The van der Waals surface area contributed by atoms with Gasteiger partial charge in [-0.15, -0.1) is 10.2 Å². The minimum Gasteiger partial charge on any atom is -0.324 e. The van der Waals surface area contributed by atoms with Crippen LogP contribution in [0, 0.1) is 0 Å². The molecule has 8 heteroatoms. The summed E-state index contributed by atoms with van der Waals surface area (Å²) in [6, 6.07) is 5.12. The van der Waals surface area contributed by atoms with Gasteiger partial charge in [0.1, 0.15) is 6.33 Å². The fourth-order valence-corrected chi connectivity index (χ4v) is 3.05. The predicted molar refractivity (Wildman–Crippen MR) is 95.4 cm³/mol. The van der Waals surface area contributed by atoms with E-state index in [-0.39, 0.29) is 11.7 Å². The highest BCUT2D eigenvalue weighted by Gasteiger charge is 2.11. The zero-order valence-corrected chi connectivity index (χ0v) is 15.1. The highest BCUT2D eigenvalue weighted by molar-refractivity contribution is 7.99. The van der Waals surface area contributed by atoms with E-state index < -0.39 is 0 Å². The first-order valence-electron chi connectivity index (χ1n) is 7.36. The average molecular weight is 373 g/mol. The number of rotatable bonds is 8. The Morgan fingerprint density at radius 1 is 1.35 bits per heavy atom. The van der Waals surface area contributed by atoms with Crippen molar-refractivity contribution in [3.8, 4) is 0 Å². The van der Waals surface area contributed by atoms with Gasteiger partial charge in [0, 0.05) is 6.54 Å². The number of thioether (sulfide) groups is 1. The summed E-state index contributed by atoms with van der Waals surface area (Å²) in [6.07, 6.45) is 5.10. The number of halogens is 2. The average Bonchev–Trinajstić information content (AvgIpc) is 2.98. The van der Waals surface area contributed by atoms with Gasteiger partial charge in [-0.25, -0.2) is 0 Å². The molecule has 2 rings (SSSR count). The number of benzene rings is 1. The maximum absolute atomic E-state index is 12.1. The molecule has 0 aliphatic heterocycles. The Bertz CT molecular complexity index is 663. The summed E-state index contributed by atoms with van der Waals surface area (Å²) in [5, 5.41) is 12.2. The Labute approximate surface area is 149 Å². The molecule has 0 atom stereocenters. The van der Waals surface area contributed by atoms with Crippen molar-refractivity contribution >= 4 is 46.6 Å². The molecular formula is C15H18Cl2N4OS. The third kappa shape index (κ3) is 5.41. The van der Waals surface area contributed by atoms with Gasteiger partial charge >= 0.3 is 0 Å². The van der Waals surface area contributed by atoms with Gasteiger partial charge in [0.2, 0.25) is 5.91 Å². The molecular weight excluding hydrogens is 355 g/mol. The molecule has 0 spiro atoms. The van der Waals surface area contributed by atoms with E-state index in [1.807, 2.05) is 4.57 Å². The molecule has 1 aromatic heterocycles. The van der Waals surface area contributed by atoms with Crippen molar-refractivity contribution in [2.75, 3.05) is 11.1 Å². The molecule has 0 saturated heterocycles. The van der Waals surface area contributed by atoms with Crippen LogP contribution in [0.1, 0.15) is 26.2 Å². The maximum atomic E-state index is 12.1. The molecule has 0 bridgehead atoms. The van der Waals surface area contributed by atoms with Crippen molar-refractivity contribution in [2.24, 2.45) is 0 Å². The van der Waals surface area contributed by atoms with Gasteiger partial charge in [-0.3, -0.25) is 4.79 Å². The van der Waals surface area contributed by atoms with Gasteiger partial charge in [-0.1, -0.05) is 60.8 Å². The number of nitrogens with one attached hydrogen (secondary N) is 1. The normalized spacial score (nSPS) is 10.7. The number of anilines is 1. The third-order valence-electron chi connectivity index (χ3n) is 3.14. The van der Waals surface area contributed by atoms with Gasteiger partial charge in [-0.05, 0) is 18.6 Å². The Morgan fingerprint density at radius 3 is 2.96 bits per heavy atom. The highest BCUT2D eigenvalue weighted by Crippen LogP contribution is 2.29. The summed E-state index contributed by atoms with van der Waals surface area (Å²) in [5.74, 6) is 0.0669. The van der Waals surface area contributed by atoms with Crippen molar-refractivity contribution in [3.05, 3.63) is 34.6 Å². The van der Waals surface area contributed by atoms with Crippen LogP contribution in [0.4, 0.5) is 5.69 Å². The van der Waals surface area contributed by atoms with Crippen LogP contribution in [0.25, 0.3) is 0 Å². The monoisotopic (exact) mass is 372 g/mol. The number of nitrogens with zero attached hydrogens (tertiary/aromatic N) is 3. The minimum atomic E-state index is -0.165. The molecule has 0 radical (unpaired) electrons. The molecule has 1 aromatic carbocycles. The van der Waals surface area contributed by atoms with Gasteiger partial charge in [0.25, 0.3) is 0 Å². The second-order valence-electron chi connectivity index (χ2n) is 4.95. The SMILES string of the molecule is CCCCCn1cnnc1SCC(=O)Nc1cccc(Cl)c1Cl. The molecule has 0 saturated carbocycles. The fourth-order valence-electron chi connectivity index (χ4n) is 1.96. The predicted octanol–water partition coefficient (Wildman–Crippen LogP) is 4.51. The van der Waals surface area contributed by atoms with Crippen LogP contribution in [0.3, 0.4) is 0 Å². The minimum absolute atomic E-state index is 0.165. The van der Waals surface area contributed by atoms with Crippen LogP contribution >= 0.6 is 35.0 Å². The lowest BCUT2D eigenvalue weighted by atomic mass is 10.2. The van der Waals surface area contributed by atoms with E-state index in [1.54, 1.807) is 24.5 Å². The smallest absolute Gasteiger partial charge is 0.234 e. The lowest BCUT2D eigenvalue weighted by Gasteiger charge is -2.08. The first kappa shape index (κ1) is 18.1. The van der Waals surface area contributed by atoms with E-state index >= 15 is 0 Å². The van der Waals surface area contributed by atoms with Crippen LogP contribution in [0.2, 0.25) is 10.0 Å². The van der Waals surface area contributed by atoms with Crippen molar-refractivity contribution in [1.29, 1.82) is 0 Å². The number of hydrogen-bond acceptors (Lipinski definition) is 4. The fraction of sp³-hybridized carbons (Fsp3) is 0.400. The molecule has 2 aromatic rings. The number of amides is 1. The molecule has 0 fully saturated rings. The number of carbonyl (C=O) groups is 1. The van der Waals surface area contributed by atoms with Crippen LogP contribution in [-0.2, 0) is 11.3 Å². The number of aryl methyl sites for hydroxylation is 1. The van der Waals surface area contributed by atoms with Gasteiger partial charge in [0.15, 0.2) is 5.16 Å². The lowest BCUT2D eigenvalue weighted by molar-refractivity contribution is -0.113. The molecule has 23 heavy (non-hydrogen) atoms. The van der Waals surface area contributed by atoms with Gasteiger partial charge in [-0.2, -0.15) is 0 Å². The molecule has 124 valence electrons. The molecule has 1 heterocycles. The molecule has 0 aliphatic rings. The van der Waals surface area contributed by atoms with Crippen molar-refractivity contribution in [2.45, 2.75) is 37.9 Å². The summed E-state index contributed by atoms with van der Waals surface area (Å²) in [6.45, 7) is 3.03. The van der Waals surface area contributed by atoms with Gasteiger partial charge in [0.05, 0.1) is 21.5 Å². The van der Waals surface area contributed by atoms with E-state index in [4.69, 9.17) is 23.2 Å². The Balaban J connectivity index is 1.87. The summed E-state index contributed by atoms with van der Waals surface area (Å²) in [5.41, 5.74) is 0.508. The zero-order valence-electron chi connectivity index (χ0n) is 12.8. The Morgan fingerprint density at radius 2 is 2.17 bits per heavy atom. The van der Waals surface area contributed by atoms with Crippen LogP contribution in [0.15, 0.2) is 29.7 Å². The Kier molecular flexibility index (Phi) is 7.20. The summed E-state index contributed by atoms with van der Waals surface area (Å²) >= 11 is 13.3. The summed E-state index contributed by atoms with van der Waals surface area (Å²) in [4.78, 5) is 12.1. The quantitative estimate of drug-likeness (QED) is 0.547. The molecule has 0 aliphatic carbocycles. The maximum Gasteiger partial charge on any atom is 0.234 e. The standard InChI is InChI=1S/C15H18Cl2N4OS/c1-2-3-4-8-21-10-18-20-15(21)23-9-13(22)19-12-7-5-6-11(16)14(12)17/h5-7,10H,2-4,8-9H2,1H3,(H,19,22). The summed E-state index contributed by atoms with van der Waals surface area (Å²) in [7, 11) is 0. The van der Waals surface area contributed by atoms with E-state index in [0.717, 1.165) is 31.0 Å². The molecule has 1 N–H and O–H groups in total. The van der Waals surface area contributed by atoms with Crippen LogP contribution in [0.5, 0.6) is 0 Å².